The molecule has 0 aliphatic carbocycles. The van der Waals surface area contributed by atoms with E-state index in [2.05, 4.69) is 0 Å². The molecule has 0 heterocycles. The zero-order valence-corrected chi connectivity index (χ0v) is 15.1. The minimum Gasteiger partial charge on any atom is -0.488 e. The minimum absolute atomic E-state index is 0.0224. The first-order valence-electron chi connectivity index (χ1n) is 8.62. The first-order valence-corrected chi connectivity index (χ1v) is 8.62. The summed E-state index contributed by atoms with van der Waals surface area (Å²) in [5, 5.41) is 0. The van der Waals surface area contributed by atoms with Crippen LogP contribution in [-0.2, 0) is 13.2 Å². The molecule has 0 unspecified atom stereocenters. The summed E-state index contributed by atoms with van der Waals surface area (Å²) >= 11 is 0. The smallest absolute Gasteiger partial charge is 0.163 e. The Hall–Kier alpha value is -3.07. The summed E-state index contributed by atoms with van der Waals surface area (Å²) in [6, 6.07) is 23.5. The average Bonchev–Trinajstić information content (AvgIpc) is 2.67. The van der Waals surface area contributed by atoms with E-state index in [0.29, 0.717) is 24.5 Å². The molecule has 3 heteroatoms. The van der Waals surface area contributed by atoms with Gasteiger partial charge >= 0.3 is 0 Å². The first-order chi connectivity index (χ1) is 12.6. The fraction of sp³-hybridized carbons (Fsp3) is 0.174. The van der Waals surface area contributed by atoms with Gasteiger partial charge in [-0.05, 0) is 36.6 Å². The lowest BCUT2D eigenvalue weighted by Crippen LogP contribution is -2.04. The Morgan fingerprint density at radius 1 is 0.769 bits per heavy atom. The molecular formula is C23H22O3. The molecule has 3 aromatic rings. The van der Waals surface area contributed by atoms with E-state index >= 15 is 0 Å². The van der Waals surface area contributed by atoms with Crippen LogP contribution in [0.2, 0.25) is 0 Å². The molecule has 0 radical (unpaired) electrons. The van der Waals surface area contributed by atoms with Crippen LogP contribution in [0.25, 0.3) is 0 Å². The van der Waals surface area contributed by atoms with Gasteiger partial charge < -0.3 is 9.47 Å². The summed E-state index contributed by atoms with van der Waals surface area (Å²) in [5.41, 5.74) is 3.63. The molecule has 0 aliphatic heterocycles. The van der Waals surface area contributed by atoms with Crippen molar-refractivity contribution in [2.24, 2.45) is 0 Å². The number of carbonyl (C=O) groups is 1. The highest BCUT2D eigenvalue weighted by molar-refractivity contribution is 5.97. The average molecular weight is 346 g/mol. The minimum atomic E-state index is -0.0224. The van der Waals surface area contributed by atoms with Crippen LogP contribution in [-0.4, -0.2) is 5.78 Å². The Bertz CT molecular complexity index is 871. The summed E-state index contributed by atoms with van der Waals surface area (Å²) in [7, 11) is 0. The summed E-state index contributed by atoms with van der Waals surface area (Å²) < 4.78 is 11.9. The van der Waals surface area contributed by atoms with Crippen molar-refractivity contribution in [3.8, 4) is 11.5 Å². The van der Waals surface area contributed by atoms with E-state index in [1.54, 1.807) is 6.92 Å². The van der Waals surface area contributed by atoms with Gasteiger partial charge in [-0.1, -0.05) is 60.7 Å². The SMILES string of the molecule is CC(=O)c1cc(C)c(OCc2ccccc2)cc1OCc1ccccc1. The van der Waals surface area contributed by atoms with Crippen molar-refractivity contribution in [1.82, 2.24) is 0 Å². The summed E-state index contributed by atoms with van der Waals surface area (Å²) in [6.45, 7) is 4.37. The molecule has 0 amide bonds. The largest absolute Gasteiger partial charge is 0.488 e. The molecule has 0 fully saturated rings. The van der Waals surface area contributed by atoms with Crippen LogP contribution in [0.15, 0.2) is 72.8 Å². The van der Waals surface area contributed by atoms with E-state index in [1.165, 1.54) is 0 Å². The molecular weight excluding hydrogens is 324 g/mol. The van der Waals surface area contributed by atoms with E-state index in [-0.39, 0.29) is 5.78 Å². The van der Waals surface area contributed by atoms with Gasteiger partial charge in [0, 0.05) is 6.07 Å². The maximum atomic E-state index is 12.0. The van der Waals surface area contributed by atoms with Gasteiger partial charge in [0.2, 0.25) is 0 Å². The van der Waals surface area contributed by atoms with Crippen molar-refractivity contribution in [2.75, 3.05) is 0 Å². The van der Waals surface area contributed by atoms with Crippen molar-refractivity contribution in [2.45, 2.75) is 27.1 Å². The summed E-state index contributed by atoms with van der Waals surface area (Å²) in [6.07, 6.45) is 0. The van der Waals surface area contributed by atoms with Crippen LogP contribution in [0, 0.1) is 6.92 Å². The van der Waals surface area contributed by atoms with Crippen LogP contribution < -0.4 is 9.47 Å². The lowest BCUT2D eigenvalue weighted by atomic mass is 10.1. The molecule has 132 valence electrons. The molecule has 3 aromatic carbocycles. The zero-order valence-electron chi connectivity index (χ0n) is 15.1. The van der Waals surface area contributed by atoms with Gasteiger partial charge in [-0.25, -0.2) is 0 Å². The second-order valence-corrected chi connectivity index (χ2v) is 6.22. The number of benzene rings is 3. The number of carbonyl (C=O) groups excluding carboxylic acids is 1. The van der Waals surface area contributed by atoms with Gasteiger partial charge in [0.25, 0.3) is 0 Å². The molecule has 0 N–H and O–H groups in total. The molecule has 3 nitrogen and oxygen atoms in total. The van der Waals surface area contributed by atoms with Gasteiger partial charge in [-0.3, -0.25) is 4.79 Å². The standard InChI is InChI=1S/C23H22O3/c1-17-13-21(18(2)24)23(26-16-20-11-7-4-8-12-20)14-22(17)25-15-19-9-5-3-6-10-19/h3-14H,15-16H2,1-2H3. The fourth-order valence-corrected chi connectivity index (χ4v) is 2.69. The third-order valence-corrected chi connectivity index (χ3v) is 4.13. The maximum absolute atomic E-state index is 12.0. The maximum Gasteiger partial charge on any atom is 0.163 e. The predicted octanol–water partition coefficient (Wildman–Crippen LogP) is 5.36. The lowest BCUT2D eigenvalue weighted by Gasteiger charge is -2.15. The number of ether oxygens (including phenoxy) is 2. The Labute approximate surface area is 154 Å². The Morgan fingerprint density at radius 3 is 1.77 bits per heavy atom. The van der Waals surface area contributed by atoms with E-state index < -0.39 is 0 Å². The first kappa shape index (κ1) is 17.7. The van der Waals surface area contributed by atoms with Gasteiger partial charge in [-0.2, -0.15) is 0 Å². The van der Waals surface area contributed by atoms with Crippen LogP contribution >= 0.6 is 0 Å². The molecule has 0 saturated heterocycles. The van der Waals surface area contributed by atoms with Crippen molar-refractivity contribution in [3.05, 3.63) is 95.1 Å². The van der Waals surface area contributed by atoms with Gasteiger partial charge in [0.1, 0.15) is 24.7 Å². The molecule has 0 aromatic heterocycles. The normalized spacial score (nSPS) is 10.4. The third kappa shape index (κ3) is 4.51. The highest BCUT2D eigenvalue weighted by atomic mass is 16.5. The van der Waals surface area contributed by atoms with Crippen LogP contribution in [0.3, 0.4) is 0 Å². The molecule has 0 spiro atoms. The molecule has 3 rings (SSSR count). The second kappa shape index (κ2) is 8.34. The second-order valence-electron chi connectivity index (χ2n) is 6.22. The molecule has 26 heavy (non-hydrogen) atoms. The van der Waals surface area contributed by atoms with Crippen molar-refractivity contribution in [3.63, 3.8) is 0 Å². The van der Waals surface area contributed by atoms with Crippen LogP contribution in [0.1, 0.15) is 34.0 Å². The number of ketones is 1. The number of hydrogen-bond donors (Lipinski definition) is 0. The van der Waals surface area contributed by atoms with E-state index in [0.717, 1.165) is 22.4 Å². The van der Waals surface area contributed by atoms with Gasteiger partial charge in [0.15, 0.2) is 5.78 Å². The number of Topliss-reactive ketones (excluding diaryl/α,β-unsaturated/α-hetero) is 1. The van der Waals surface area contributed by atoms with Crippen molar-refractivity contribution < 1.29 is 14.3 Å². The van der Waals surface area contributed by atoms with E-state index in [1.807, 2.05) is 79.7 Å². The van der Waals surface area contributed by atoms with Gasteiger partial charge in [0.05, 0.1) is 5.56 Å². The van der Waals surface area contributed by atoms with Crippen molar-refractivity contribution >= 4 is 5.78 Å². The summed E-state index contributed by atoms with van der Waals surface area (Å²) in [4.78, 5) is 12.0. The van der Waals surface area contributed by atoms with Crippen LogP contribution in [0.4, 0.5) is 0 Å². The third-order valence-electron chi connectivity index (χ3n) is 4.13. The number of aryl methyl sites for hydroxylation is 1. The van der Waals surface area contributed by atoms with Crippen LogP contribution in [0.5, 0.6) is 11.5 Å². The number of hydrogen-bond acceptors (Lipinski definition) is 3. The highest BCUT2D eigenvalue weighted by Crippen LogP contribution is 2.30. The Kier molecular flexibility index (Phi) is 5.69. The molecule has 0 saturated carbocycles. The summed E-state index contributed by atoms with van der Waals surface area (Å²) in [5.74, 6) is 1.25. The Balaban J connectivity index is 1.80. The molecule has 0 bridgehead atoms. The van der Waals surface area contributed by atoms with E-state index in [4.69, 9.17) is 9.47 Å². The zero-order chi connectivity index (χ0) is 18.4. The Morgan fingerprint density at radius 2 is 1.27 bits per heavy atom. The van der Waals surface area contributed by atoms with E-state index in [9.17, 15) is 4.79 Å². The molecule has 0 aliphatic rings. The quantitative estimate of drug-likeness (QED) is 0.541. The highest BCUT2D eigenvalue weighted by Gasteiger charge is 2.14. The van der Waals surface area contributed by atoms with Gasteiger partial charge in [-0.15, -0.1) is 0 Å². The monoisotopic (exact) mass is 346 g/mol. The predicted molar refractivity (Wildman–Crippen MR) is 103 cm³/mol. The molecule has 0 atom stereocenters. The number of rotatable bonds is 7. The fourth-order valence-electron chi connectivity index (χ4n) is 2.69. The topological polar surface area (TPSA) is 35.5 Å². The lowest BCUT2D eigenvalue weighted by molar-refractivity contribution is 0.101. The van der Waals surface area contributed by atoms with Crippen molar-refractivity contribution in [1.29, 1.82) is 0 Å².